The van der Waals surface area contributed by atoms with Crippen LogP contribution in [0.5, 0.6) is 0 Å². The smallest absolute Gasteiger partial charge is 0.276 e. The van der Waals surface area contributed by atoms with Crippen LogP contribution in [0.4, 0.5) is 0 Å². The molecule has 1 heterocycles. The van der Waals surface area contributed by atoms with Crippen LogP contribution in [0.25, 0.3) is 16.5 Å². The van der Waals surface area contributed by atoms with E-state index in [1.165, 1.54) is 6.21 Å². The molecule has 0 aliphatic rings. The number of hydrazone groups is 1. The van der Waals surface area contributed by atoms with E-state index < -0.39 is 10.0 Å². The fourth-order valence-corrected chi connectivity index (χ4v) is 3.84. The molecular weight excluding hydrogens is 394 g/mol. The van der Waals surface area contributed by atoms with Crippen molar-refractivity contribution in [2.45, 2.75) is 4.90 Å². The summed E-state index contributed by atoms with van der Waals surface area (Å²) in [5, 5.41) is 6.41. The van der Waals surface area contributed by atoms with Gasteiger partial charge in [0.05, 0.1) is 16.8 Å². The number of sulfonamides is 1. The van der Waals surface area contributed by atoms with Crippen LogP contribution in [-0.4, -0.2) is 19.2 Å². The molecular formula is C21H16ClN3O2S. The van der Waals surface area contributed by atoms with Crippen LogP contribution in [0.3, 0.4) is 0 Å². The Kier molecular flexibility index (Phi) is 4.90. The zero-order valence-corrected chi connectivity index (χ0v) is 16.2. The van der Waals surface area contributed by atoms with Gasteiger partial charge in [0.2, 0.25) is 0 Å². The van der Waals surface area contributed by atoms with Gasteiger partial charge in [-0.1, -0.05) is 41.9 Å². The van der Waals surface area contributed by atoms with Crippen molar-refractivity contribution in [2.24, 2.45) is 5.10 Å². The van der Waals surface area contributed by atoms with E-state index in [4.69, 9.17) is 11.6 Å². The number of benzene rings is 3. The second kappa shape index (κ2) is 7.50. The maximum atomic E-state index is 12.6. The number of fused-ring (bicyclic) bond motifs is 1. The quantitative estimate of drug-likeness (QED) is 0.387. The molecule has 0 atom stereocenters. The lowest BCUT2D eigenvalue weighted by Crippen LogP contribution is -2.18. The number of halogens is 1. The molecule has 1 aromatic heterocycles. The highest BCUT2D eigenvalue weighted by molar-refractivity contribution is 7.89. The number of nitrogens with one attached hydrogen (secondary N) is 1. The highest BCUT2D eigenvalue weighted by atomic mass is 35.5. The van der Waals surface area contributed by atoms with Gasteiger partial charge in [-0.2, -0.15) is 13.5 Å². The van der Waals surface area contributed by atoms with E-state index in [9.17, 15) is 8.42 Å². The van der Waals surface area contributed by atoms with Crippen molar-refractivity contribution >= 4 is 38.6 Å². The molecule has 0 amide bonds. The fraction of sp³-hybridized carbons (Fsp3) is 0. The highest BCUT2D eigenvalue weighted by Gasteiger charge is 2.13. The summed E-state index contributed by atoms with van der Waals surface area (Å²) in [5.41, 5.74) is 1.62. The average Bonchev–Trinajstić information content (AvgIpc) is 3.16. The predicted molar refractivity (Wildman–Crippen MR) is 113 cm³/mol. The Labute approximate surface area is 167 Å². The third-order valence-corrected chi connectivity index (χ3v) is 5.76. The Morgan fingerprint density at radius 3 is 2.43 bits per heavy atom. The van der Waals surface area contributed by atoms with Gasteiger partial charge in [0.25, 0.3) is 10.0 Å². The molecule has 0 bridgehead atoms. The molecule has 0 unspecified atom stereocenters. The van der Waals surface area contributed by atoms with Crippen molar-refractivity contribution in [3.05, 3.63) is 95.8 Å². The summed E-state index contributed by atoms with van der Waals surface area (Å²) >= 11 is 5.93. The topological polar surface area (TPSA) is 63.5 Å². The van der Waals surface area contributed by atoms with Gasteiger partial charge in [0.1, 0.15) is 0 Å². The minimum absolute atomic E-state index is 0.163. The Hall–Kier alpha value is -3.09. The van der Waals surface area contributed by atoms with Gasteiger partial charge in [-0.3, -0.25) is 0 Å². The summed E-state index contributed by atoms with van der Waals surface area (Å²) < 4.78 is 27.0. The van der Waals surface area contributed by atoms with E-state index in [0.717, 1.165) is 22.2 Å². The van der Waals surface area contributed by atoms with Gasteiger partial charge < -0.3 is 4.57 Å². The SMILES string of the molecule is O=S(=O)(N/N=C/c1cccn1-c1ccc(Cl)cc1)c1ccc2ccccc2c1. The van der Waals surface area contributed by atoms with Crippen LogP contribution in [-0.2, 0) is 10.0 Å². The van der Waals surface area contributed by atoms with Gasteiger partial charge in [-0.05, 0) is 59.3 Å². The third-order valence-electron chi connectivity index (χ3n) is 4.29. The van der Waals surface area contributed by atoms with Crippen molar-refractivity contribution in [1.82, 2.24) is 9.40 Å². The van der Waals surface area contributed by atoms with Gasteiger partial charge in [0.15, 0.2) is 0 Å². The zero-order chi connectivity index (χ0) is 19.6. The predicted octanol–water partition coefficient (Wildman–Crippen LogP) is 4.60. The minimum Gasteiger partial charge on any atom is -0.316 e. The molecule has 5 nitrogen and oxygen atoms in total. The molecule has 0 saturated carbocycles. The fourth-order valence-electron chi connectivity index (χ4n) is 2.89. The molecule has 0 aliphatic carbocycles. The molecule has 4 rings (SSSR count). The van der Waals surface area contributed by atoms with Crippen molar-refractivity contribution in [3.63, 3.8) is 0 Å². The van der Waals surface area contributed by atoms with Crippen LogP contribution in [0.1, 0.15) is 5.69 Å². The highest BCUT2D eigenvalue weighted by Crippen LogP contribution is 2.19. The molecule has 4 aromatic rings. The molecule has 0 fully saturated rings. The monoisotopic (exact) mass is 409 g/mol. The lowest BCUT2D eigenvalue weighted by molar-refractivity contribution is 0.585. The largest absolute Gasteiger partial charge is 0.316 e. The normalized spacial score (nSPS) is 11.9. The summed E-state index contributed by atoms with van der Waals surface area (Å²) in [6, 6.07) is 23.6. The molecule has 3 aromatic carbocycles. The molecule has 7 heteroatoms. The second-order valence-corrected chi connectivity index (χ2v) is 8.24. The van der Waals surface area contributed by atoms with Crippen LogP contribution in [0.15, 0.2) is 95.1 Å². The first-order chi connectivity index (χ1) is 13.5. The van der Waals surface area contributed by atoms with Gasteiger partial charge >= 0.3 is 0 Å². The number of hydrogen-bond donors (Lipinski definition) is 1. The zero-order valence-electron chi connectivity index (χ0n) is 14.7. The molecule has 140 valence electrons. The van der Waals surface area contributed by atoms with Gasteiger partial charge in [-0.25, -0.2) is 4.83 Å². The number of rotatable bonds is 5. The summed E-state index contributed by atoms with van der Waals surface area (Å²) in [7, 11) is -3.76. The maximum absolute atomic E-state index is 12.6. The number of hydrogen-bond acceptors (Lipinski definition) is 3. The average molecular weight is 410 g/mol. The van der Waals surface area contributed by atoms with Crippen molar-refractivity contribution in [3.8, 4) is 5.69 Å². The van der Waals surface area contributed by atoms with Gasteiger partial charge in [0, 0.05) is 16.9 Å². The number of nitrogens with zero attached hydrogens (tertiary/aromatic N) is 2. The minimum atomic E-state index is -3.76. The lowest BCUT2D eigenvalue weighted by Gasteiger charge is -2.07. The standard InChI is InChI=1S/C21H16ClN3O2S/c22-18-8-10-19(11-9-18)25-13-3-6-20(25)15-23-24-28(26,27)21-12-7-16-4-1-2-5-17(16)14-21/h1-15,24H/b23-15+. The summed E-state index contributed by atoms with van der Waals surface area (Å²) in [5.74, 6) is 0. The van der Waals surface area contributed by atoms with Crippen molar-refractivity contribution < 1.29 is 8.42 Å². The Balaban J connectivity index is 1.56. The van der Waals surface area contributed by atoms with E-state index in [0.29, 0.717) is 5.02 Å². The summed E-state index contributed by atoms with van der Waals surface area (Å²) in [6.07, 6.45) is 3.33. The molecule has 0 aliphatic heterocycles. The number of aromatic nitrogens is 1. The molecule has 1 N–H and O–H groups in total. The van der Waals surface area contributed by atoms with Crippen LogP contribution >= 0.6 is 11.6 Å². The Morgan fingerprint density at radius 2 is 1.64 bits per heavy atom. The lowest BCUT2D eigenvalue weighted by atomic mass is 10.1. The van der Waals surface area contributed by atoms with Crippen LogP contribution in [0, 0.1) is 0 Å². The van der Waals surface area contributed by atoms with Crippen molar-refractivity contribution in [1.29, 1.82) is 0 Å². The van der Waals surface area contributed by atoms with E-state index in [2.05, 4.69) is 9.93 Å². The Morgan fingerprint density at radius 1 is 0.893 bits per heavy atom. The maximum Gasteiger partial charge on any atom is 0.276 e. The van der Waals surface area contributed by atoms with E-state index in [1.54, 1.807) is 30.3 Å². The first kappa shape index (κ1) is 18.3. The van der Waals surface area contributed by atoms with E-state index in [1.807, 2.05) is 59.3 Å². The van der Waals surface area contributed by atoms with Crippen LogP contribution in [0.2, 0.25) is 5.02 Å². The first-order valence-corrected chi connectivity index (χ1v) is 10.4. The van der Waals surface area contributed by atoms with Gasteiger partial charge in [-0.15, -0.1) is 0 Å². The Bertz CT molecular complexity index is 1260. The summed E-state index contributed by atoms with van der Waals surface area (Å²) in [4.78, 5) is 2.44. The molecule has 0 spiro atoms. The molecule has 28 heavy (non-hydrogen) atoms. The second-order valence-electron chi connectivity index (χ2n) is 6.14. The van der Waals surface area contributed by atoms with E-state index in [-0.39, 0.29) is 4.90 Å². The van der Waals surface area contributed by atoms with Crippen molar-refractivity contribution in [2.75, 3.05) is 0 Å². The van der Waals surface area contributed by atoms with Crippen LogP contribution < -0.4 is 4.83 Å². The first-order valence-electron chi connectivity index (χ1n) is 8.50. The summed E-state index contributed by atoms with van der Waals surface area (Å²) in [6.45, 7) is 0. The van der Waals surface area contributed by atoms with E-state index >= 15 is 0 Å². The molecule has 0 radical (unpaired) electrons. The third kappa shape index (κ3) is 3.78. The molecule has 0 saturated heterocycles.